The van der Waals surface area contributed by atoms with Gasteiger partial charge in [-0.05, 0) is 67.5 Å². The summed E-state index contributed by atoms with van der Waals surface area (Å²) in [6, 6.07) is 12.6. The number of rotatable bonds is 21. The molecule has 0 bridgehead atoms. The van der Waals surface area contributed by atoms with Crippen LogP contribution in [0.5, 0.6) is 11.5 Å². The second kappa shape index (κ2) is 18.5. The van der Waals surface area contributed by atoms with Crippen molar-refractivity contribution in [1.82, 2.24) is 31.5 Å². The van der Waals surface area contributed by atoms with Crippen LogP contribution in [0.1, 0.15) is 51.4 Å². The van der Waals surface area contributed by atoms with E-state index in [0.29, 0.717) is 60.1 Å². The van der Waals surface area contributed by atoms with Crippen molar-refractivity contribution in [2.24, 2.45) is 0 Å². The normalized spacial score (nSPS) is 17.9. The number of halogens is 1. The smallest absolute Gasteiger partial charge is 0.315 e. The fraction of sp³-hybridized carbons (Fsp3) is 0.486. The Morgan fingerprint density at radius 1 is 0.962 bits per heavy atom. The maximum Gasteiger partial charge on any atom is 0.315 e. The van der Waals surface area contributed by atoms with Crippen LogP contribution in [0.15, 0.2) is 42.5 Å². The molecule has 3 atom stereocenters. The number of ether oxygens (including phenoxy) is 2. The summed E-state index contributed by atoms with van der Waals surface area (Å²) in [6.45, 7) is 1.75. The molecule has 7 N–H and O–H groups in total. The number of amides is 4. The number of nitrogens with one attached hydrogen (secondary N) is 7. The van der Waals surface area contributed by atoms with Gasteiger partial charge in [0.05, 0.1) is 37.2 Å². The van der Waals surface area contributed by atoms with Gasteiger partial charge in [-0.3, -0.25) is 19.8 Å². The van der Waals surface area contributed by atoms with E-state index in [-0.39, 0.29) is 35.7 Å². The molecule has 2 saturated heterocycles. The van der Waals surface area contributed by atoms with E-state index in [9.17, 15) is 18.8 Å². The Labute approximate surface area is 311 Å². The molecule has 6 rings (SSSR count). The number of anilines is 2. The summed E-state index contributed by atoms with van der Waals surface area (Å²) in [7, 11) is 1.61. The molecule has 3 unspecified atom stereocenters. The molecule has 0 spiro atoms. The van der Waals surface area contributed by atoms with Crippen LogP contribution in [0, 0.1) is 5.82 Å². The second-order valence-corrected chi connectivity index (χ2v) is 15.5. The van der Waals surface area contributed by atoms with Gasteiger partial charge in [0.15, 0.2) is 11.5 Å². The van der Waals surface area contributed by atoms with Crippen molar-refractivity contribution < 1.29 is 28.2 Å². The van der Waals surface area contributed by atoms with Crippen LogP contribution < -0.4 is 36.1 Å². The molecule has 4 aliphatic rings. The van der Waals surface area contributed by atoms with Crippen molar-refractivity contribution in [3.63, 3.8) is 0 Å². The number of hydrogen-bond acceptors (Lipinski definition) is 8. The van der Waals surface area contributed by atoms with Crippen LogP contribution in [0.2, 0.25) is 0 Å². The van der Waals surface area contributed by atoms with Crippen LogP contribution in [0.4, 0.5) is 20.7 Å². The van der Waals surface area contributed by atoms with Gasteiger partial charge in [0.25, 0.3) is 0 Å². The molecule has 0 saturated carbocycles. The standard InChI is InChI=1S/C37H48FN7O5S2/c1-49-29-20-26-23(17-27-34(26)44-45-36(27)41-25-10-8-9-24(38)19-25)18-30(29)50-15-16-51-22-33(47)40-14-7-3-2-6-13-39-32(46)12-5-4-11-31-35-28(21-52-31)42-37(48)43-35/h8-10,17-20,28,31,35,41,44-45H,2-7,11-16,21-22H2,1H3,(H,39,46)(H,40,47)(H2,42,43,48). The zero-order valence-electron chi connectivity index (χ0n) is 29.4. The average molecular weight is 754 g/mol. The first kappa shape index (κ1) is 37.5. The topological polar surface area (TPSA) is 161 Å². The molecular formula is C37H48FN7O5S2. The molecule has 52 heavy (non-hydrogen) atoms. The summed E-state index contributed by atoms with van der Waals surface area (Å²) in [6.07, 6.45) is 7.26. The molecule has 3 heterocycles. The Morgan fingerprint density at radius 3 is 2.60 bits per heavy atom. The third kappa shape index (κ3) is 10.00. The zero-order valence-corrected chi connectivity index (χ0v) is 31.0. The Bertz CT molecular complexity index is 1780. The predicted molar refractivity (Wildman–Crippen MR) is 207 cm³/mol. The highest BCUT2D eigenvalue weighted by molar-refractivity contribution is 8.00. The molecule has 2 fully saturated rings. The Morgan fingerprint density at radius 2 is 1.79 bits per heavy atom. The molecule has 1 aliphatic carbocycles. The number of H-pyrrole nitrogens is 2. The first-order chi connectivity index (χ1) is 25.4. The zero-order chi connectivity index (χ0) is 36.3. The van der Waals surface area contributed by atoms with Gasteiger partial charge in [-0.1, -0.05) is 25.3 Å². The fourth-order valence-electron chi connectivity index (χ4n) is 6.74. The third-order valence-corrected chi connectivity index (χ3v) is 11.8. The number of thioether (sulfide) groups is 2. The van der Waals surface area contributed by atoms with E-state index in [1.807, 2.05) is 30.0 Å². The lowest BCUT2D eigenvalue weighted by molar-refractivity contribution is -0.121. The van der Waals surface area contributed by atoms with E-state index < -0.39 is 0 Å². The second-order valence-electron chi connectivity index (χ2n) is 13.2. The van der Waals surface area contributed by atoms with Gasteiger partial charge in [-0.15, -0.1) is 11.8 Å². The van der Waals surface area contributed by atoms with E-state index in [1.54, 1.807) is 19.2 Å². The minimum atomic E-state index is -0.312. The van der Waals surface area contributed by atoms with Gasteiger partial charge in [0, 0.05) is 52.9 Å². The SMILES string of the molecule is COc1cc2c3[nH][nH]c(Nc4cccc(F)c4)c-3cc2cc1OCCSCC(=O)NCCCCCCNC(=O)CCCCC1SCC2NC(=O)NC21. The van der Waals surface area contributed by atoms with Crippen LogP contribution in [0.3, 0.4) is 0 Å². The number of carbonyl (C=O) groups is 3. The Hall–Kier alpha value is -4.24. The fourth-order valence-corrected chi connectivity index (χ4v) is 8.91. The quantitative estimate of drug-likeness (QED) is 0.0396. The van der Waals surface area contributed by atoms with E-state index >= 15 is 0 Å². The predicted octanol–water partition coefficient (Wildman–Crippen LogP) is 6.12. The van der Waals surface area contributed by atoms with Gasteiger partial charge in [0.1, 0.15) is 11.6 Å². The Balaban J connectivity index is 0.789. The molecule has 3 aliphatic heterocycles. The minimum Gasteiger partial charge on any atom is -0.493 e. The van der Waals surface area contributed by atoms with E-state index in [2.05, 4.69) is 36.8 Å². The van der Waals surface area contributed by atoms with Crippen molar-refractivity contribution in [2.75, 3.05) is 49.4 Å². The van der Waals surface area contributed by atoms with Crippen LogP contribution >= 0.6 is 23.5 Å². The maximum absolute atomic E-state index is 13.7. The number of fused-ring (bicyclic) bond motifs is 4. The first-order valence-corrected chi connectivity index (χ1v) is 20.2. The average Bonchev–Trinajstić information content (AvgIpc) is 3.89. The number of unbranched alkanes of at least 4 members (excludes halogenated alkanes) is 4. The summed E-state index contributed by atoms with van der Waals surface area (Å²) in [5.74, 6) is 3.75. The minimum absolute atomic E-state index is 0.0126. The Kier molecular flexibility index (Phi) is 13.3. The highest BCUT2D eigenvalue weighted by atomic mass is 32.2. The van der Waals surface area contributed by atoms with Crippen molar-refractivity contribution >= 4 is 63.6 Å². The molecule has 280 valence electrons. The monoisotopic (exact) mass is 753 g/mol. The number of benzene rings is 2. The molecule has 0 radical (unpaired) electrons. The summed E-state index contributed by atoms with van der Waals surface area (Å²) >= 11 is 3.43. The highest BCUT2D eigenvalue weighted by Gasteiger charge is 2.42. The molecular weight excluding hydrogens is 706 g/mol. The van der Waals surface area contributed by atoms with Crippen LogP contribution in [-0.2, 0) is 9.59 Å². The van der Waals surface area contributed by atoms with E-state index in [0.717, 1.165) is 78.5 Å². The van der Waals surface area contributed by atoms with Gasteiger partial charge in [0.2, 0.25) is 11.8 Å². The maximum atomic E-state index is 13.7. The van der Waals surface area contributed by atoms with Crippen LogP contribution in [-0.4, -0.2) is 89.4 Å². The molecule has 2 aromatic rings. The van der Waals surface area contributed by atoms with E-state index in [4.69, 9.17) is 9.47 Å². The van der Waals surface area contributed by atoms with Gasteiger partial charge in [-0.25, -0.2) is 9.18 Å². The third-order valence-electron chi connectivity index (χ3n) is 9.40. The molecule has 2 aromatic carbocycles. The summed E-state index contributed by atoms with van der Waals surface area (Å²) < 4.78 is 25.3. The summed E-state index contributed by atoms with van der Waals surface area (Å²) in [5.41, 5.74) is 2.47. The number of hydrogen-bond donors (Lipinski definition) is 7. The van der Waals surface area contributed by atoms with Crippen molar-refractivity contribution in [3.05, 3.63) is 48.3 Å². The molecule has 0 aromatic heterocycles. The van der Waals surface area contributed by atoms with Gasteiger partial charge >= 0.3 is 6.03 Å². The molecule has 12 nitrogen and oxygen atoms in total. The van der Waals surface area contributed by atoms with Crippen molar-refractivity contribution in [2.45, 2.75) is 68.7 Å². The number of methoxy groups -OCH3 is 1. The molecule has 4 amide bonds. The number of carbonyl (C=O) groups excluding carboxylic acids is 3. The van der Waals surface area contributed by atoms with E-state index in [1.165, 1.54) is 23.9 Å². The summed E-state index contributed by atoms with van der Waals surface area (Å²) in [5, 5.41) is 23.9. The van der Waals surface area contributed by atoms with Gasteiger partial charge < -0.3 is 36.1 Å². The molecule has 15 heteroatoms. The lowest BCUT2D eigenvalue weighted by Crippen LogP contribution is -2.36. The van der Waals surface area contributed by atoms with Crippen molar-refractivity contribution in [1.29, 1.82) is 0 Å². The largest absolute Gasteiger partial charge is 0.493 e. The highest BCUT2D eigenvalue weighted by Crippen LogP contribution is 2.43. The summed E-state index contributed by atoms with van der Waals surface area (Å²) in [4.78, 5) is 36.0. The first-order valence-electron chi connectivity index (χ1n) is 18.0. The van der Waals surface area contributed by atoms with Crippen molar-refractivity contribution in [3.8, 4) is 22.8 Å². The van der Waals surface area contributed by atoms with Crippen LogP contribution in [0.25, 0.3) is 22.0 Å². The number of aromatic nitrogens is 2. The lowest BCUT2D eigenvalue weighted by Gasteiger charge is -2.16. The van der Waals surface area contributed by atoms with Gasteiger partial charge in [-0.2, -0.15) is 11.8 Å². The number of urea groups is 1. The number of aromatic amines is 2. The lowest BCUT2D eigenvalue weighted by atomic mass is 10.0.